The van der Waals surface area contributed by atoms with E-state index in [1.54, 1.807) is 0 Å². The summed E-state index contributed by atoms with van der Waals surface area (Å²) in [6.07, 6.45) is 2.37. The first-order chi connectivity index (χ1) is 26.5. The van der Waals surface area contributed by atoms with Gasteiger partial charge in [0, 0.05) is 33.1 Å². The lowest BCUT2D eigenvalue weighted by Crippen LogP contribution is -2.33. The first kappa shape index (κ1) is 33.7. The van der Waals surface area contributed by atoms with Crippen LogP contribution in [0.25, 0.3) is 55.3 Å². The van der Waals surface area contributed by atoms with Gasteiger partial charge < -0.3 is 9.32 Å². The molecule has 7 aromatic carbocycles. The highest BCUT2D eigenvalue weighted by Gasteiger charge is 2.39. The molecule has 0 fully saturated rings. The average molecular weight is 714 g/mol. The van der Waals surface area contributed by atoms with Crippen LogP contribution in [-0.4, -0.2) is 0 Å². The van der Waals surface area contributed by atoms with E-state index in [9.17, 15) is 0 Å². The van der Waals surface area contributed by atoms with E-state index in [1.807, 2.05) is 6.07 Å². The maximum Gasteiger partial charge on any atom is 0.135 e. The van der Waals surface area contributed by atoms with E-state index in [2.05, 4.69) is 192 Å². The molecule has 270 valence electrons. The highest BCUT2D eigenvalue weighted by atomic mass is 16.3. The van der Waals surface area contributed by atoms with Gasteiger partial charge in [0.25, 0.3) is 0 Å². The largest absolute Gasteiger partial charge is 0.456 e. The first-order valence-electron chi connectivity index (χ1n) is 19.8. The molecule has 0 atom stereocenters. The van der Waals surface area contributed by atoms with E-state index in [1.165, 1.54) is 74.2 Å². The molecule has 1 aromatic heterocycles. The lowest BCUT2D eigenvalue weighted by atomic mass is 9.63. The zero-order valence-corrected chi connectivity index (χ0v) is 32.7. The molecule has 1 heterocycles. The number of fused-ring (bicyclic) bond motifs is 7. The minimum Gasteiger partial charge on any atom is -0.456 e. The Hall–Kier alpha value is -5.86. The zero-order valence-electron chi connectivity index (χ0n) is 32.7. The van der Waals surface area contributed by atoms with Gasteiger partial charge in [0.1, 0.15) is 11.2 Å². The van der Waals surface area contributed by atoms with Crippen molar-refractivity contribution in [3.05, 3.63) is 174 Å². The summed E-state index contributed by atoms with van der Waals surface area (Å²) in [5.74, 6) is 0. The lowest BCUT2D eigenvalue weighted by molar-refractivity contribution is 0.332. The van der Waals surface area contributed by atoms with Crippen LogP contribution in [-0.2, 0) is 16.2 Å². The van der Waals surface area contributed by atoms with Crippen LogP contribution in [0.2, 0.25) is 0 Å². The van der Waals surface area contributed by atoms with Crippen molar-refractivity contribution >= 4 is 39.0 Å². The van der Waals surface area contributed by atoms with Crippen LogP contribution in [0.3, 0.4) is 0 Å². The maximum atomic E-state index is 6.35. The number of benzene rings is 7. The summed E-state index contributed by atoms with van der Waals surface area (Å²) in [5.41, 5.74) is 18.5. The molecule has 0 radical (unpaired) electrons. The quantitative estimate of drug-likeness (QED) is 0.177. The van der Waals surface area contributed by atoms with Crippen molar-refractivity contribution in [2.45, 2.75) is 70.6 Å². The van der Waals surface area contributed by atoms with Crippen LogP contribution in [0, 0.1) is 0 Å². The summed E-state index contributed by atoms with van der Waals surface area (Å²) < 4.78 is 6.35. The molecule has 2 nitrogen and oxygen atoms in total. The highest BCUT2D eigenvalue weighted by molar-refractivity contribution is 6.07. The fourth-order valence-corrected chi connectivity index (χ4v) is 9.62. The Morgan fingerprint density at radius 1 is 0.418 bits per heavy atom. The molecule has 2 aliphatic carbocycles. The predicted molar refractivity (Wildman–Crippen MR) is 232 cm³/mol. The predicted octanol–water partition coefficient (Wildman–Crippen LogP) is 15.0. The zero-order chi connectivity index (χ0) is 37.7. The molecule has 0 saturated heterocycles. The third kappa shape index (κ3) is 5.29. The molecular formula is C53H47NO. The van der Waals surface area contributed by atoms with Crippen molar-refractivity contribution in [3.8, 4) is 33.4 Å². The second kappa shape index (κ2) is 12.1. The highest BCUT2D eigenvalue weighted by Crippen LogP contribution is 2.55. The minimum atomic E-state index is -0.158. The standard InChI is InChI=1S/C53H47NO/c1-51(2)28-29-52(3,4)47-30-36(22-26-45(47)51)41-32-42-39-16-10-12-18-44(39)53(5,6)46(42)33-48(41)54(37-23-20-35(21-24-37)34-14-8-7-9-15-34)38-25-27-50-43(31-38)40-17-11-13-19-49(40)55-50/h7-27,30-33H,28-29H2,1-6H3. The number of anilines is 3. The summed E-state index contributed by atoms with van der Waals surface area (Å²) in [6.45, 7) is 14.4. The third-order valence-electron chi connectivity index (χ3n) is 13.0. The van der Waals surface area contributed by atoms with Gasteiger partial charge in [-0.15, -0.1) is 0 Å². The Morgan fingerprint density at radius 2 is 1.05 bits per heavy atom. The van der Waals surface area contributed by atoms with Crippen molar-refractivity contribution in [1.82, 2.24) is 0 Å². The summed E-state index contributed by atoms with van der Waals surface area (Å²) in [5, 5.41) is 2.25. The second-order valence-corrected chi connectivity index (χ2v) is 17.6. The van der Waals surface area contributed by atoms with Gasteiger partial charge in [0.05, 0.1) is 5.69 Å². The van der Waals surface area contributed by atoms with Crippen LogP contribution in [0.1, 0.15) is 76.6 Å². The monoisotopic (exact) mass is 713 g/mol. The molecule has 8 aromatic rings. The third-order valence-corrected chi connectivity index (χ3v) is 13.0. The van der Waals surface area contributed by atoms with Gasteiger partial charge in [-0.2, -0.15) is 0 Å². The summed E-state index contributed by atoms with van der Waals surface area (Å²) >= 11 is 0. The molecule has 0 aliphatic heterocycles. The summed E-state index contributed by atoms with van der Waals surface area (Å²) in [4.78, 5) is 2.49. The topological polar surface area (TPSA) is 16.4 Å². The average Bonchev–Trinajstić information content (AvgIpc) is 3.68. The van der Waals surface area contributed by atoms with Crippen LogP contribution in [0.4, 0.5) is 17.1 Å². The summed E-state index contributed by atoms with van der Waals surface area (Å²) in [6, 6.07) is 56.2. The number of hydrogen-bond donors (Lipinski definition) is 0. The van der Waals surface area contributed by atoms with Gasteiger partial charge in [-0.25, -0.2) is 0 Å². The molecule has 0 saturated carbocycles. The Balaban J connectivity index is 1.26. The van der Waals surface area contributed by atoms with Gasteiger partial charge in [-0.3, -0.25) is 0 Å². The first-order valence-corrected chi connectivity index (χ1v) is 19.8. The number of para-hydroxylation sites is 1. The van der Waals surface area contributed by atoms with Crippen LogP contribution in [0.15, 0.2) is 156 Å². The SMILES string of the molecule is CC1(C)CCC(C)(C)c2cc(-c3cc4c(cc3N(c3ccc(-c5ccccc5)cc3)c3ccc5oc6ccccc6c5c3)C(C)(C)c3ccccc3-4)ccc21. The molecule has 0 unspecified atom stereocenters. The number of hydrogen-bond acceptors (Lipinski definition) is 2. The lowest BCUT2D eigenvalue weighted by Gasteiger charge is -2.42. The van der Waals surface area contributed by atoms with Crippen molar-refractivity contribution < 1.29 is 4.42 Å². The molecule has 0 amide bonds. The molecule has 0 N–H and O–H groups in total. The maximum absolute atomic E-state index is 6.35. The Kier molecular flexibility index (Phi) is 7.39. The fourth-order valence-electron chi connectivity index (χ4n) is 9.62. The van der Waals surface area contributed by atoms with Crippen molar-refractivity contribution in [2.24, 2.45) is 0 Å². The van der Waals surface area contributed by atoms with Crippen LogP contribution >= 0.6 is 0 Å². The second-order valence-electron chi connectivity index (χ2n) is 17.6. The van der Waals surface area contributed by atoms with Gasteiger partial charge in [-0.05, 0) is 122 Å². The van der Waals surface area contributed by atoms with E-state index in [0.717, 1.165) is 33.3 Å². The van der Waals surface area contributed by atoms with Crippen molar-refractivity contribution in [2.75, 3.05) is 4.90 Å². The van der Waals surface area contributed by atoms with E-state index in [-0.39, 0.29) is 16.2 Å². The molecular weight excluding hydrogens is 667 g/mol. The van der Waals surface area contributed by atoms with Crippen LogP contribution < -0.4 is 4.90 Å². The van der Waals surface area contributed by atoms with E-state index in [0.29, 0.717) is 0 Å². The van der Waals surface area contributed by atoms with Gasteiger partial charge >= 0.3 is 0 Å². The Labute approximate surface area is 325 Å². The van der Waals surface area contributed by atoms with E-state index in [4.69, 9.17) is 4.42 Å². The van der Waals surface area contributed by atoms with E-state index < -0.39 is 0 Å². The van der Waals surface area contributed by atoms with Gasteiger partial charge in [-0.1, -0.05) is 145 Å². The normalized spacial score (nSPS) is 16.1. The molecule has 2 aliphatic rings. The van der Waals surface area contributed by atoms with Crippen molar-refractivity contribution in [3.63, 3.8) is 0 Å². The Morgan fingerprint density at radius 3 is 1.85 bits per heavy atom. The number of rotatable bonds is 5. The number of furan rings is 1. The summed E-state index contributed by atoms with van der Waals surface area (Å²) in [7, 11) is 0. The minimum absolute atomic E-state index is 0.0900. The molecule has 0 spiro atoms. The molecule has 0 bridgehead atoms. The molecule has 10 rings (SSSR count). The Bertz CT molecular complexity index is 2780. The number of nitrogens with zero attached hydrogens (tertiary/aromatic N) is 1. The van der Waals surface area contributed by atoms with Crippen molar-refractivity contribution in [1.29, 1.82) is 0 Å². The smallest absolute Gasteiger partial charge is 0.135 e. The van der Waals surface area contributed by atoms with Crippen LogP contribution in [0.5, 0.6) is 0 Å². The molecule has 2 heteroatoms. The van der Waals surface area contributed by atoms with Gasteiger partial charge in [0.15, 0.2) is 0 Å². The molecule has 55 heavy (non-hydrogen) atoms. The fraction of sp³-hybridized carbons (Fsp3) is 0.208. The van der Waals surface area contributed by atoms with E-state index >= 15 is 0 Å². The van der Waals surface area contributed by atoms with Gasteiger partial charge in [0.2, 0.25) is 0 Å².